The molecule has 0 atom stereocenters. The molecule has 9 rings (SSSR count). The van der Waals surface area contributed by atoms with Gasteiger partial charge in [0.1, 0.15) is 22.6 Å². The molecule has 206 valence electrons. The molecule has 2 saturated heterocycles. The zero-order valence-corrected chi connectivity index (χ0v) is 22.9. The summed E-state index contributed by atoms with van der Waals surface area (Å²) < 4.78 is 12.3. The van der Waals surface area contributed by atoms with Crippen LogP contribution in [0.25, 0.3) is 11.0 Å². The molecule has 1 spiro atoms. The Hall–Kier alpha value is -5.04. The lowest BCUT2D eigenvalue weighted by atomic mass is 9.74. The highest BCUT2D eigenvalue weighted by molar-refractivity contribution is 6.14. The Balaban J connectivity index is 1.35. The molecule has 0 radical (unpaired) electrons. The third-order valence-electron chi connectivity index (χ3n) is 9.32. The van der Waals surface area contributed by atoms with E-state index in [4.69, 9.17) is 9.15 Å². The molecule has 0 aliphatic carbocycles. The largest absolute Gasteiger partial charge is 0.456 e. The van der Waals surface area contributed by atoms with Gasteiger partial charge in [-0.3, -0.25) is 9.69 Å². The summed E-state index contributed by atoms with van der Waals surface area (Å²) in [5.41, 5.74) is 5.28. The van der Waals surface area contributed by atoms with E-state index in [-0.39, 0.29) is 5.91 Å². The van der Waals surface area contributed by atoms with Gasteiger partial charge in [0, 0.05) is 95.1 Å². The summed E-state index contributed by atoms with van der Waals surface area (Å²) in [6, 6.07) is 29.4. The van der Waals surface area contributed by atoms with Gasteiger partial charge in [0.2, 0.25) is 0 Å². The number of carbonyl (C=O) groups is 1. The molecule has 7 nitrogen and oxygen atoms in total. The Morgan fingerprint density at radius 2 is 1.24 bits per heavy atom. The van der Waals surface area contributed by atoms with Crippen molar-refractivity contribution in [3.05, 3.63) is 124 Å². The zero-order chi connectivity index (χ0) is 28.0. The summed E-state index contributed by atoms with van der Waals surface area (Å²) in [4.78, 5) is 33.2. The van der Waals surface area contributed by atoms with Gasteiger partial charge in [0.15, 0.2) is 0 Å². The van der Waals surface area contributed by atoms with Crippen molar-refractivity contribution in [2.45, 2.75) is 18.4 Å². The molecule has 5 aromatic rings. The van der Waals surface area contributed by atoms with Gasteiger partial charge in [-0.15, -0.1) is 0 Å². The third kappa shape index (κ3) is 3.10. The minimum atomic E-state index is -0.986. The lowest BCUT2D eigenvalue weighted by Gasteiger charge is -2.45. The Morgan fingerprint density at radius 1 is 0.619 bits per heavy atom. The Kier molecular flexibility index (Phi) is 4.78. The number of rotatable bonds is 3. The highest BCUT2D eigenvalue weighted by atomic mass is 16.5. The van der Waals surface area contributed by atoms with Gasteiger partial charge in [0.25, 0.3) is 5.91 Å². The van der Waals surface area contributed by atoms with Crippen molar-refractivity contribution >= 4 is 33.9 Å². The lowest BCUT2D eigenvalue weighted by molar-refractivity contribution is 0.0986. The van der Waals surface area contributed by atoms with Crippen molar-refractivity contribution < 1.29 is 13.9 Å². The fourth-order valence-corrected chi connectivity index (χ4v) is 7.00. The van der Waals surface area contributed by atoms with Crippen LogP contribution in [-0.2, 0) is 5.54 Å². The summed E-state index contributed by atoms with van der Waals surface area (Å²) in [5.74, 6) is 1.38. The molecule has 0 unspecified atom stereocenters. The van der Waals surface area contributed by atoms with E-state index >= 15 is 0 Å². The summed E-state index contributed by atoms with van der Waals surface area (Å²) in [6.07, 6.45) is 2.36. The maximum absolute atomic E-state index is 14.5. The molecule has 0 bridgehead atoms. The van der Waals surface area contributed by atoms with Crippen molar-refractivity contribution in [1.29, 1.82) is 0 Å². The van der Waals surface area contributed by atoms with Crippen LogP contribution in [0.1, 0.15) is 39.9 Å². The number of ether oxygens (including phenoxy) is 1. The van der Waals surface area contributed by atoms with E-state index in [1.54, 1.807) is 12.1 Å². The smallest absolute Gasteiger partial charge is 0.336 e. The molecular weight excluding hydrogens is 526 g/mol. The van der Waals surface area contributed by atoms with Crippen LogP contribution in [0.15, 0.2) is 100 Å². The average molecular weight is 554 g/mol. The van der Waals surface area contributed by atoms with E-state index in [9.17, 15) is 9.59 Å². The molecule has 4 aliphatic rings. The van der Waals surface area contributed by atoms with Gasteiger partial charge >= 0.3 is 5.63 Å². The Morgan fingerprint density at radius 3 is 1.88 bits per heavy atom. The highest BCUT2D eigenvalue weighted by Gasteiger charge is 2.57. The molecular formula is C35H27N3O4. The first-order valence-electron chi connectivity index (χ1n) is 14.6. The van der Waals surface area contributed by atoms with Crippen molar-refractivity contribution in [3.63, 3.8) is 0 Å². The van der Waals surface area contributed by atoms with E-state index in [1.165, 1.54) is 18.9 Å². The molecule has 4 aliphatic heterocycles. The van der Waals surface area contributed by atoms with Gasteiger partial charge in [-0.25, -0.2) is 4.79 Å². The van der Waals surface area contributed by atoms with E-state index in [2.05, 4.69) is 52.3 Å². The molecule has 7 heteroatoms. The molecule has 5 heterocycles. The number of fused-ring (bicyclic) bond motifs is 7. The van der Waals surface area contributed by atoms with Gasteiger partial charge in [0.05, 0.1) is 0 Å². The molecule has 2 fully saturated rings. The second-order valence-electron chi connectivity index (χ2n) is 11.5. The van der Waals surface area contributed by atoms with Crippen LogP contribution >= 0.6 is 0 Å². The van der Waals surface area contributed by atoms with Gasteiger partial charge in [-0.05, 0) is 49.2 Å². The minimum absolute atomic E-state index is 0.110. The fourth-order valence-electron chi connectivity index (χ4n) is 7.00. The normalized spacial score (nSPS) is 17.8. The quantitative estimate of drug-likeness (QED) is 0.245. The van der Waals surface area contributed by atoms with Crippen molar-refractivity contribution in [2.75, 3.05) is 40.9 Å². The Labute approximate surface area is 242 Å². The molecule has 1 aromatic heterocycles. The first-order valence-corrected chi connectivity index (χ1v) is 14.6. The van der Waals surface area contributed by atoms with Gasteiger partial charge in [-0.1, -0.05) is 30.3 Å². The second kappa shape index (κ2) is 8.49. The van der Waals surface area contributed by atoms with Crippen LogP contribution in [0.4, 0.5) is 17.1 Å². The Bertz CT molecular complexity index is 1940. The zero-order valence-electron chi connectivity index (χ0n) is 22.9. The third-order valence-corrected chi connectivity index (χ3v) is 9.32. The number of hydrogen-bond donors (Lipinski definition) is 0. The van der Waals surface area contributed by atoms with E-state index in [1.807, 2.05) is 35.2 Å². The van der Waals surface area contributed by atoms with Crippen molar-refractivity contribution in [1.82, 2.24) is 0 Å². The molecule has 1 amide bonds. The standard InChI is InChI=1S/C35H27N3O4/c39-33-14-8-22-7-9-25(21-30(22)42-33)38-34(40)26-5-1-2-6-27(26)35(38)28-12-10-23(36-15-3-16-36)19-31(28)41-32-20-24(11-13-29(32)35)37-17-4-18-37/h1-2,5-14,19-21H,3-4,15-18H2. The lowest BCUT2D eigenvalue weighted by Crippen LogP contribution is -2.48. The summed E-state index contributed by atoms with van der Waals surface area (Å²) in [6.45, 7) is 4.09. The van der Waals surface area contributed by atoms with Crippen LogP contribution in [-0.4, -0.2) is 32.1 Å². The van der Waals surface area contributed by atoms with Gasteiger partial charge < -0.3 is 19.0 Å². The van der Waals surface area contributed by atoms with Gasteiger partial charge in [-0.2, -0.15) is 0 Å². The fraction of sp³-hybridized carbons (Fsp3) is 0.200. The van der Waals surface area contributed by atoms with E-state index in [0.717, 1.165) is 71.1 Å². The number of amides is 1. The van der Waals surface area contributed by atoms with E-state index < -0.39 is 11.2 Å². The van der Waals surface area contributed by atoms with Crippen LogP contribution in [0.2, 0.25) is 0 Å². The second-order valence-corrected chi connectivity index (χ2v) is 11.5. The minimum Gasteiger partial charge on any atom is -0.456 e. The first-order chi connectivity index (χ1) is 20.6. The number of carbonyl (C=O) groups excluding carboxylic acids is 1. The van der Waals surface area contributed by atoms with Crippen LogP contribution in [0.3, 0.4) is 0 Å². The predicted octanol–water partition coefficient (Wildman–Crippen LogP) is 6.27. The monoisotopic (exact) mass is 553 g/mol. The van der Waals surface area contributed by atoms with E-state index in [0.29, 0.717) is 16.8 Å². The molecule has 4 aromatic carbocycles. The number of anilines is 3. The average Bonchev–Trinajstić information content (AvgIpc) is 3.19. The topological polar surface area (TPSA) is 66.2 Å². The SMILES string of the molecule is O=C1c2ccccc2C2(c3ccc(N4CCC4)cc3Oc3cc(N4CCC4)ccc32)N1c1ccc2ccc(=O)oc2c1. The number of benzene rings is 4. The van der Waals surface area contributed by atoms with Crippen LogP contribution in [0.5, 0.6) is 11.5 Å². The number of hydrogen-bond acceptors (Lipinski definition) is 6. The summed E-state index contributed by atoms with van der Waals surface area (Å²) in [7, 11) is 0. The van der Waals surface area contributed by atoms with Crippen LogP contribution < -0.4 is 25.1 Å². The summed E-state index contributed by atoms with van der Waals surface area (Å²) in [5, 5.41) is 0.794. The van der Waals surface area contributed by atoms with Crippen molar-refractivity contribution in [2.24, 2.45) is 0 Å². The predicted molar refractivity (Wildman–Crippen MR) is 162 cm³/mol. The first kappa shape index (κ1) is 23.6. The molecule has 0 saturated carbocycles. The molecule has 0 N–H and O–H groups in total. The van der Waals surface area contributed by atoms with Crippen LogP contribution in [0, 0.1) is 0 Å². The number of nitrogens with zero attached hydrogens (tertiary/aromatic N) is 3. The summed E-state index contributed by atoms with van der Waals surface area (Å²) >= 11 is 0. The highest BCUT2D eigenvalue weighted by Crippen LogP contribution is 2.59. The van der Waals surface area contributed by atoms with Crippen molar-refractivity contribution in [3.8, 4) is 11.5 Å². The maximum atomic E-state index is 14.5. The maximum Gasteiger partial charge on any atom is 0.336 e. The molecule has 42 heavy (non-hydrogen) atoms.